The first-order valence-electron chi connectivity index (χ1n) is 5.18. The fourth-order valence-electron chi connectivity index (χ4n) is 1.11. The van der Waals surface area contributed by atoms with Crippen molar-refractivity contribution in [1.82, 2.24) is 5.32 Å². The van der Waals surface area contributed by atoms with E-state index in [1.54, 1.807) is 18.2 Å². The Kier molecular flexibility index (Phi) is 8.93. The normalized spacial score (nSPS) is 9.50. The molecule has 0 bridgehead atoms. The topological polar surface area (TPSA) is 64.3 Å². The summed E-state index contributed by atoms with van der Waals surface area (Å²) in [4.78, 5) is 11.3. The third-order valence-corrected chi connectivity index (χ3v) is 2.50. The van der Waals surface area contributed by atoms with E-state index in [0.717, 1.165) is 6.42 Å². The van der Waals surface area contributed by atoms with Gasteiger partial charge in [0.1, 0.15) is 5.75 Å². The second-order valence-corrected chi connectivity index (χ2v) is 4.20. The molecule has 4 nitrogen and oxygen atoms in total. The molecule has 0 spiro atoms. The second-order valence-electron chi connectivity index (χ2n) is 3.36. The Morgan fingerprint density at radius 2 is 2.11 bits per heavy atom. The Morgan fingerprint density at radius 1 is 1.39 bits per heavy atom. The van der Waals surface area contributed by atoms with Gasteiger partial charge in [0.2, 0.25) is 0 Å². The predicted octanol–water partition coefficient (Wildman–Crippen LogP) is 2.26. The molecule has 0 aliphatic heterocycles. The smallest absolute Gasteiger partial charge is 0.257 e. The molecule has 0 fully saturated rings. The first-order valence-corrected chi connectivity index (χ1v) is 5.93. The molecule has 18 heavy (non-hydrogen) atoms. The van der Waals surface area contributed by atoms with E-state index in [4.69, 9.17) is 33.7 Å². The molecule has 3 N–H and O–H groups in total. The monoisotopic (exact) mass is 312 g/mol. The fraction of sp³-hybridized carbons (Fsp3) is 0.364. The number of carbonyl (C=O) groups is 1. The van der Waals surface area contributed by atoms with Gasteiger partial charge in [0.25, 0.3) is 5.91 Å². The molecule has 0 heterocycles. The molecular weight excluding hydrogens is 298 g/mol. The molecule has 0 saturated carbocycles. The summed E-state index contributed by atoms with van der Waals surface area (Å²) in [6.07, 6.45) is 0.740. The highest BCUT2D eigenvalue weighted by Crippen LogP contribution is 2.27. The summed E-state index contributed by atoms with van der Waals surface area (Å²) in [6, 6.07) is 4.83. The molecule has 0 radical (unpaired) electrons. The van der Waals surface area contributed by atoms with Crippen LogP contribution in [0.25, 0.3) is 0 Å². The highest BCUT2D eigenvalue weighted by atomic mass is 35.5. The molecule has 1 aromatic rings. The van der Waals surface area contributed by atoms with Crippen LogP contribution < -0.4 is 15.8 Å². The summed E-state index contributed by atoms with van der Waals surface area (Å²) in [7, 11) is 0. The lowest BCUT2D eigenvalue weighted by Crippen LogP contribution is -2.30. The molecule has 1 amide bonds. The van der Waals surface area contributed by atoms with Crippen molar-refractivity contribution in [3.05, 3.63) is 28.2 Å². The van der Waals surface area contributed by atoms with Gasteiger partial charge in [-0.2, -0.15) is 0 Å². The van der Waals surface area contributed by atoms with Crippen molar-refractivity contribution in [1.29, 1.82) is 0 Å². The first-order chi connectivity index (χ1) is 8.13. The number of hydrogen-bond donors (Lipinski definition) is 2. The van der Waals surface area contributed by atoms with Gasteiger partial charge in [0.05, 0.1) is 5.02 Å². The van der Waals surface area contributed by atoms with Crippen molar-refractivity contribution in [2.24, 2.45) is 5.73 Å². The van der Waals surface area contributed by atoms with Gasteiger partial charge in [0.15, 0.2) is 6.61 Å². The zero-order valence-corrected chi connectivity index (χ0v) is 11.9. The number of rotatable bonds is 6. The van der Waals surface area contributed by atoms with E-state index in [-0.39, 0.29) is 24.9 Å². The Morgan fingerprint density at radius 3 is 2.78 bits per heavy atom. The Hall–Kier alpha value is -0.680. The van der Waals surface area contributed by atoms with Gasteiger partial charge in [-0.05, 0) is 25.1 Å². The minimum Gasteiger partial charge on any atom is -0.482 e. The minimum atomic E-state index is -0.213. The number of halogens is 3. The van der Waals surface area contributed by atoms with Gasteiger partial charge in [-0.1, -0.05) is 23.2 Å². The van der Waals surface area contributed by atoms with Crippen LogP contribution in [-0.4, -0.2) is 25.6 Å². The van der Waals surface area contributed by atoms with Crippen LogP contribution in [0.1, 0.15) is 6.42 Å². The molecule has 0 saturated heterocycles. The van der Waals surface area contributed by atoms with E-state index in [1.165, 1.54) is 0 Å². The lowest BCUT2D eigenvalue weighted by molar-refractivity contribution is -0.123. The number of nitrogens with two attached hydrogens (primary N) is 1. The molecule has 1 rings (SSSR count). The molecule has 1 aromatic carbocycles. The zero-order chi connectivity index (χ0) is 12.7. The van der Waals surface area contributed by atoms with E-state index in [9.17, 15) is 4.79 Å². The van der Waals surface area contributed by atoms with Gasteiger partial charge in [-0.3, -0.25) is 4.79 Å². The lowest BCUT2D eigenvalue weighted by Gasteiger charge is -2.08. The molecule has 7 heteroatoms. The predicted molar refractivity (Wildman–Crippen MR) is 75.9 cm³/mol. The maximum Gasteiger partial charge on any atom is 0.257 e. The highest BCUT2D eigenvalue weighted by molar-refractivity contribution is 6.34. The van der Waals surface area contributed by atoms with Crippen molar-refractivity contribution < 1.29 is 9.53 Å². The second kappa shape index (κ2) is 9.28. The zero-order valence-electron chi connectivity index (χ0n) is 9.62. The van der Waals surface area contributed by atoms with Crippen molar-refractivity contribution in [2.45, 2.75) is 6.42 Å². The van der Waals surface area contributed by atoms with Gasteiger partial charge in [0, 0.05) is 17.6 Å². The quantitative estimate of drug-likeness (QED) is 0.792. The van der Waals surface area contributed by atoms with Crippen LogP contribution in [0.15, 0.2) is 18.2 Å². The van der Waals surface area contributed by atoms with Crippen LogP contribution >= 0.6 is 35.6 Å². The van der Waals surface area contributed by atoms with Gasteiger partial charge < -0.3 is 15.8 Å². The van der Waals surface area contributed by atoms with E-state index >= 15 is 0 Å². The van der Waals surface area contributed by atoms with Crippen LogP contribution in [0, 0.1) is 0 Å². The number of hydrogen-bond acceptors (Lipinski definition) is 3. The number of benzene rings is 1. The number of carbonyl (C=O) groups excluding carboxylic acids is 1. The lowest BCUT2D eigenvalue weighted by atomic mass is 10.3. The molecule has 102 valence electrons. The maximum absolute atomic E-state index is 11.3. The molecule has 0 unspecified atom stereocenters. The van der Waals surface area contributed by atoms with Crippen molar-refractivity contribution in [3.8, 4) is 5.75 Å². The number of ether oxygens (including phenoxy) is 1. The largest absolute Gasteiger partial charge is 0.482 e. The molecule has 0 atom stereocenters. The molecular formula is C11H15Cl3N2O2. The van der Waals surface area contributed by atoms with E-state index in [1.807, 2.05) is 0 Å². The summed E-state index contributed by atoms with van der Waals surface area (Å²) in [6.45, 7) is 0.994. The summed E-state index contributed by atoms with van der Waals surface area (Å²) in [5.74, 6) is 0.183. The van der Waals surface area contributed by atoms with Gasteiger partial charge in [-0.15, -0.1) is 12.4 Å². The SMILES string of the molecule is Cl.NCCCNC(=O)COc1cc(Cl)ccc1Cl. The van der Waals surface area contributed by atoms with Gasteiger partial charge in [-0.25, -0.2) is 0 Å². The van der Waals surface area contributed by atoms with Crippen LogP contribution in [0.4, 0.5) is 0 Å². The van der Waals surface area contributed by atoms with Gasteiger partial charge >= 0.3 is 0 Å². The first kappa shape index (κ1) is 17.3. The Bertz CT molecular complexity index is 389. The van der Waals surface area contributed by atoms with E-state index in [0.29, 0.717) is 28.9 Å². The molecule has 0 aliphatic carbocycles. The minimum absolute atomic E-state index is 0. The highest BCUT2D eigenvalue weighted by Gasteiger charge is 2.05. The fourth-order valence-corrected chi connectivity index (χ4v) is 1.45. The van der Waals surface area contributed by atoms with Crippen molar-refractivity contribution in [2.75, 3.05) is 19.7 Å². The van der Waals surface area contributed by atoms with Crippen LogP contribution in [-0.2, 0) is 4.79 Å². The standard InChI is InChI=1S/C11H14Cl2N2O2.ClH/c12-8-2-3-9(13)10(6-8)17-7-11(16)15-5-1-4-14;/h2-3,6H,1,4-5,7,14H2,(H,15,16);1H. The summed E-state index contributed by atoms with van der Waals surface area (Å²) in [5.41, 5.74) is 5.30. The van der Waals surface area contributed by atoms with Crippen LogP contribution in [0.5, 0.6) is 5.75 Å². The van der Waals surface area contributed by atoms with E-state index < -0.39 is 0 Å². The van der Waals surface area contributed by atoms with E-state index in [2.05, 4.69) is 5.32 Å². The number of nitrogens with one attached hydrogen (secondary N) is 1. The average Bonchev–Trinajstić information content (AvgIpc) is 2.31. The van der Waals surface area contributed by atoms with Crippen LogP contribution in [0.3, 0.4) is 0 Å². The molecule has 0 aromatic heterocycles. The Labute approximate surface area is 122 Å². The third kappa shape index (κ3) is 6.31. The van der Waals surface area contributed by atoms with Crippen molar-refractivity contribution in [3.63, 3.8) is 0 Å². The number of amides is 1. The van der Waals surface area contributed by atoms with Crippen molar-refractivity contribution >= 4 is 41.5 Å². The summed E-state index contributed by atoms with van der Waals surface area (Å²) >= 11 is 11.7. The van der Waals surface area contributed by atoms with Crippen LogP contribution in [0.2, 0.25) is 10.0 Å². The summed E-state index contributed by atoms with van der Waals surface area (Å²) < 4.78 is 5.25. The molecule has 0 aliphatic rings. The maximum atomic E-state index is 11.3. The third-order valence-electron chi connectivity index (χ3n) is 1.96. The Balaban J connectivity index is 0.00000289. The summed E-state index contributed by atoms with van der Waals surface area (Å²) in [5, 5.41) is 3.60. The average molecular weight is 314 g/mol.